The van der Waals surface area contributed by atoms with Gasteiger partial charge in [-0.2, -0.15) is 0 Å². The molecule has 1 unspecified atom stereocenters. The first-order valence-corrected chi connectivity index (χ1v) is 8.21. The Morgan fingerprint density at radius 2 is 2.25 bits per heavy atom. The summed E-state index contributed by atoms with van der Waals surface area (Å²) in [5, 5.41) is 0.487. The molecule has 1 atom stereocenters. The normalized spacial score (nSPS) is 17.4. The van der Waals surface area contributed by atoms with Gasteiger partial charge in [0.1, 0.15) is 16.9 Å². The molecule has 122 valence electrons. The van der Waals surface area contributed by atoms with Crippen LogP contribution in [-0.4, -0.2) is 39.4 Å². The van der Waals surface area contributed by atoms with E-state index in [1.807, 2.05) is 46.0 Å². The molecule has 0 aromatic carbocycles. The van der Waals surface area contributed by atoms with Crippen molar-refractivity contribution < 1.29 is 9.53 Å². The Bertz CT molecular complexity index is 860. The molecule has 3 aromatic rings. The number of likely N-dealkylation sites (tertiary alicyclic amines) is 1. The van der Waals surface area contributed by atoms with E-state index in [1.54, 1.807) is 18.5 Å². The summed E-state index contributed by atoms with van der Waals surface area (Å²) in [5.74, 6) is 0.645. The van der Waals surface area contributed by atoms with Crippen LogP contribution < -0.4 is 4.74 Å². The molecule has 0 spiro atoms. The number of hydrogen-bond donors (Lipinski definition) is 0. The average molecular weight is 342 g/mol. The molecule has 3 aromatic heterocycles. The Kier molecular flexibility index (Phi) is 3.86. The summed E-state index contributed by atoms with van der Waals surface area (Å²) in [6.45, 7) is 1.24. The molecule has 1 amide bonds. The van der Waals surface area contributed by atoms with Crippen molar-refractivity contribution in [3.63, 3.8) is 0 Å². The highest BCUT2D eigenvalue weighted by molar-refractivity contribution is 6.31. The number of fused-ring (bicyclic) bond motifs is 1. The summed E-state index contributed by atoms with van der Waals surface area (Å²) in [6, 6.07) is 9.54. The maximum Gasteiger partial charge on any atom is 0.255 e. The quantitative estimate of drug-likeness (QED) is 0.734. The molecule has 1 fully saturated rings. The molecule has 0 N–H and O–H groups in total. The van der Waals surface area contributed by atoms with E-state index < -0.39 is 0 Å². The van der Waals surface area contributed by atoms with Crippen LogP contribution in [0.5, 0.6) is 5.75 Å². The van der Waals surface area contributed by atoms with Crippen LogP contribution >= 0.6 is 11.6 Å². The molecule has 0 bridgehead atoms. The minimum atomic E-state index is -0.0501. The van der Waals surface area contributed by atoms with Crippen LogP contribution in [0.15, 0.2) is 55.1 Å². The molecule has 0 radical (unpaired) electrons. The number of carbonyl (C=O) groups is 1. The summed E-state index contributed by atoms with van der Waals surface area (Å²) in [5.41, 5.74) is 1.71. The van der Waals surface area contributed by atoms with E-state index in [0.29, 0.717) is 29.4 Å². The van der Waals surface area contributed by atoms with Gasteiger partial charge in [0.25, 0.3) is 5.91 Å². The van der Waals surface area contributed by atoms with E-state index >= 15 is 0 Å². The van der Waals surface area contributed by atoms with Crippen molar-refractivity contribution in [3.8, 4) is 5.75 Å². The first kappa shape index (κ1) is 15.0. The second kappa shape index (κ2) is 6.17. The first-order valence-electron chi connectivity index (χ1n) is 7.83. The Hall–Kier alpha value is -2.53. The minimum Gasteiger partial charge on any atom is -0.487 e. The van der Waals surface area contributed by atoms with Crippen molar-refractivity contribution in [3.05, 3.63) is 65.7 Å². The van der Waals surface area contributed by atoms with E-state index in [-0.39, 0.29) is 12.0 Å². The van der Waals surface area contributed by atoms with Gasteiger partial charge in [-0.1, -0.05) is 17.7 Å². The van der Waals surface area contributed by atoms with Gasteiger partial charge in [-0.05, 0) is 18.2 Å². The molecule has 0 saturated carbocycles. The van der Waals surface area contributed by atoms with Crippen LogP contribution in [0.1, 0.15) is 16.8 Å². The van der Waals surface area contributed by atoms with E-state index in [2.05, 4.69) is 4.98 Å². The fourth-order valence-electron chi connectivity index (χ4n) is 3.00. The number of pyridine rings is 2. The van der Waals surface area contributed by atoms with Crippen molar-refractivity contribution in [2.45, 2.75) is 12.5 Å². The predicted molar refractivity (Wildman–Crippen MR) is 91.6 cm³/mol. The molecule has 0 aliphatic carbocycles. The maximum absolute atomic E-state index is 12.7. The van der Waals surface area contributed by atoms with Crippen LogP contribution in [0.4, 0.5) is 0 Å². The van der Waals surface area contributed by atoms with Gasteiger partial charge in [-0.15, -0.1) is 0 Å². The zero-order valence-corrected chi connectivity index (χ0v) is 13.7. The Labute approximate surface area is 144 Å². The summed E-state index contributed by atoms with van der Waals surface area (Å²) in [4.78, 5) is 18.5. The van der Waals surface area contributed by atoms with Crippen LogP contribution in [0, 0.1) is 0 Å². The monoisotopic (exact) mass is 341 g/mol. The molecule has 1 saturated heterocycles. The topological polar surface area (TPSA) is 46.8 Å². The van der Waals surface area contributed by atoms with Crippen LogP contribution in [0.25, 0.3) is 5.52 Å². The second-order valence-corrected chi connectivity index (χ2v) is 6.25. The fourth-order valence-corrected chi connectivity index (χ4v) is 3.17. The molecule has 1 aliphatic heterocycles. The zero-order valence-electron chi connectivity index (χ0n) is 12.9. The number of halogens is 1. The van der Waals surface area contributed by atoms with Gasteiger partial charge in [0.05, 0.1) is 12.1 Å². The lowest BCUT2D eigenvalue weighted by molar-refractivity contribution is 0.0772. The third kappa shape index (κ3) is 2.83. The minimum absolute atomic E-state index is 0.0330. The van der Waals surface area contributed by atoms with Crippen molar-refractivity contribution in [1.29, 1.82) is 0 Å². The average Bonchev–Trinajstić information content (AvgIpc) is 3.23. The molecule has 1 aliphatic rings. The van der Waals surface area contributed by atoms with Crippen molar-refractivity contribution in [2.75, 3.05) is 13.1 Å². The van der Waals surface area contributed by atoms with Crippen LogP contribution in [-0.2, 0) is 0 Å². The summed E-state index contributed by atoms with van der Waals surface area (Å²) in [7, 11) is 0. The van der Waals surface area contributed by atoms with Gasteiger partial charge in [0.2, 0.25) is 0 Å². The molecule has 4 rings (SSSR count). The highest BCUT2D eigenvalue weighted by Gasteiger charge is 2.29. The van der Waals surface area contributed by atoms with Gasteiger partial charge < -0.3 is 14.0 Å². The SMILES string of the molecule is O=C(c1cc2ccccn2c1)N1CCC(Oc2ccncc2Cl)C1. The highest BCUT2D eigenvalue weighted by atomic mass is 35.5. The summed E-state index contributed by atoms with van der Waals surface area (Å²) in [6.07, 6.45) is 7.75. The first-order chi connectivity index (χ1) is 11.7. The van der Waals surface area contributed by atoms with Crippen molar-refractivity contribution in [2.24, 2.45) is 0 Å². The highest BCUT2D eigenvalue weighted by Crippen LogP contribution is 2.26. The van der Waals surface area contributed by atoms with E-state index in [1.165, 1.54) is 0 Å². The van der Waals surface area contributed by atoms with Gasteiger partial charge in [-0.25, -0.2) is 0 Å². The van der Waals surface area contributed by atoms with Crippen molar-refractivity contribution >= 4 is 23.0 Å². The molecular weight excluding hydrogens is 326 g/mol. The van der Waals surface area contributed by atoms with Crippen LogP contribution in [0.3, 0.4) is 0 Å². The fraction of sp³-hybridized carbons (Fsp3) is 0.222. The van der Waals surface area contributed by atoms with E-state index in [4.69, 9.17) is 16.3 Å². The zero-order chi connectivity index (χ0) is 16.5. The van der Waals surface area contributed by atoms with Gasteiger partial charge >= 0.3 is 0 Å². The Balaban J connectivity index is 1.46. The second-order valence-electron chi connectivity index (χ2n) is 5.85. The molecule has 24 heavy (non-hydrogen) atoms. The molecule has 5 nitrogen and oxygen atoms in total. The van der Waals surface area contributed by atoms with E-state index in [0.717, 1.165) is 11.9 Å². The maximum atomic E-state index is 12.7. The van der Waals surface area contributed by atoms with Crippen molar-refractivity contribution in [1.82, 2.24) is 14.3 Å². The summed E-state index contributed by atoms with van der Waals surface area (Å²) < 4.78 is 7.86. The summed E-state index contributed by atoms with van der Waals surface area (Å²) >= 11 is 6.07. The molecular formula is C18H16ClN3O2. The predicted octanol–water partition coefficient (Wildman–Crippen LogP) is 3.28. The lowest BCUT2D eigenvalue weighted by Crippen LogP contribution is -2.30. The number of amides is 1. The lowest BCUT2D eigenvalue weighted by atomic mass is 10.3. The largest absolute Gasteiger partial charge is 0.487 e. The molecule has 6 heteroatoms. The Morgan fingerprint density at radius 3 is 3.08 bits per heavy atom. The number of carbonyl (C=O) groups excluding carboxylic acids is 1. The number of nitrogens with zero attached hydrogens (tertiary/aromatic N) is 3. The number of ether oxygens (including phenoxy) is 1. The number of aromatic nitrogens is 2. The third-order valence-corrected chi connectivity index (χ3v) is 4.50. The van der Waals surface area contributed by atoms with Gasteiger partial charge in [-0.3, -0.25) is 9.78 Å². The molecule has 4 heterocycles. The lowest BCUT2D eigenvalue weighted by Gasteiger charge is -2.17. The number of hydrogen-bond acceptors (Lipinski definition) is 3. The Morgan fingerprint density at radius 1 is 1.33 bits per heavy atom. The standard InChI is InChI=1S/C18H16ClN3O2/c19-16-10-20-6-4-17(16)24-15-5-8-22(12-15)18(23)13-9-14-3-1-2-7-21(14)11-13/h1-4,6-7,9-11,15H,5,8,12H2. The van der Waals surface area contributed by atoms with E-state index in [9.17, 15) is 4.79 Å². The smallest absolute Gasteiger partial charge is 0.255 e. The number of rotatable bonds is 3. The van der Waals surface area contributed by atoms with Crippen LogP contribution in [0.2, 0.25) is 5.02 Å². The van der Waals surface area contributed by atoms with Gasteiger partial charge in [0.15, 0.2) is 0 Å². The van der Waals surface area contributed by atoms with Gasteiger partial charge in [0, 0.05) is 49.3 Å². The third-order valence-electron chi connectivity index (χ3n) is 4.21.